The summed E-state index contributed by atoms with van der Waals surface area (Å²) < 4.78 is 30.0. The number of anilines is 2. The van der Waals surface area contributed by atoms with Gasteiger partial charge in [0.25, 0.3) is 15.9 Å². The first-order chi connectivity index (χ1) is 15.0. The summed E-state index contributed by atoms with van der Waals surface area (Å²) in [7, 11) is -3.89. The number of amides is 1. The predicted molar refractivity (Wildman–Crippen MR) is 128 cm³/mol. The van der Waals surface area contributed by atoms with Crippen molar-refractivity contribution in [2.24, 2.45) is 5.92 Å². The Morgan fingerprint density at radius 3 is 2.31 bits per heavy atom. The number of nitrogens with one attached hydrogen (secondary N) is 2. The third kappa shape index (κ3) is 5.43. The highest BCUT2D eigenvalue weighted by atomic mass is 35.5. The number of rotatable bonds is 7. The van der Waals surface area contributed by atoms with Crippen LogP contribution in [0.4, 0.5) is 11.4 Å². The average Bonchev–Trinajstić information content (AvgIpc) is 2.97. The lowest BCUT2D eigenvalue weighted by Gasteiger charge is -2.13. The van der Waals surface area contributed by atoms with Crippen molar-refractivity contribution in [3.05, 3.63) is 69.5 Å². The van der Waals surface area contributed by atoms with Gasteiger partial charge in [-0.2, -0.15) is 5.10 Å². The molecular weight excluding hydrogens is 471 g/mol. The minimum absolute atomic E-state index is 0.0450. The van der Waals surface area contributed by atoms with Gasteiger partial charge in [0.15, 0.2) is 0 Å². The zero-order chi connectivity index (χ0) is 23.6. The van der Waals surface area contributed by atoms with Gasteiger partial charge in [-0.1, -0.05) is 43.1 Å². The maximum absolute atomic E-state index is 12.9. The van der Waals surface area contributed by atoms with Gasteiger partial charge in [0, 0.05) is 22.9 Å². The minimum atomic E-state index is -3.89. The molecule has 1 aromatic heterocycles. The molecule has 0 radical (unpaired) electrons. The van der Waals surface area contributed by atoms with Gasteiger partial charge >= 0.3 is 0 Å². The smallest absolute Gasteiger partial charge is 0.262 e. The molecule has 1 heterocycles. The Hall–Kier alpha value is -2.55. The molecule has 0 fully saturated rings. The number of hydrogen-bond donors (Lipinski definition) is 2. The van der Waals surface area contributed by atoms with E-state index in [1.54, 1.807) is 54.9 Å². The minimum Gasteiger partial charge on any atom is -0.322 e. The van der Waals surface area contributed by atoms with E-state index in [4.69, 9.17) is 23.2 Å². The summed E-state index contributed by atoms with van der Waals surface area (Å²) in [6.07, 6.45) is 0. The van der Waals surface area contributed by atoms with Crippen molar-refractivity contribution in [3.63, 3.8) is 0 Å². The van der Waals surface area contributed by atoms with E-state index in [2.05, 4.69) is 15.1 Å². The molecule has 2 N–H and O–H groups in total. The standard InChI is InChI=1S/C22H24Cl2N4O3S/c1-13(2)12-28-21(24)20(15(4)26-28)22(29)25-18-8-5-14(3)19(11-18)32(30,31)27-17-9-6-16(23)7-10-17/h5-11,13,27H,12H2,1-4H3,(H,25,29). The van der Waals surface area contributed by atoms with Crippen LogP contribution >= 0.6 is 23.2 Å². The van der Waals surface area contributed by atoms with E-state index in [0.717, 1.165) is 0 Å². The highest BCUT2D eigenvalue weighted by Crippen LogP contribution is 2.26. The molecule has 170 valence electrons. The van der Waals surface area contributed by atoms with Gasteiger partial charge in [-0.3, -0.25) is 14.2 Å². The van der Waals surface area contributed by atoms with E-state index in [0.29, 0.717) is 40.1 Å². The lowest BCUT2D eigenvalue weighted by atomic mass is 10.2. The van der Waals surface area contributed by atoms with E-state index in [1.165, 1.54) is 6.07 Å². The molecule has 0 unspecified atom stereocenters. The summed E-state index contributed by atoms with van der Waals surface area (Å²) in [4.78, 5) is 12.9. The van der Waals surface area contributed by atoms with Crippen molar-refractivity contribution in [3.8, 4) is 0 Å². The van der Waals surface area contributed by atoms with Crippen molar-refractivity contribution in [2.75, 3.05) is 10.0 Å². The number of halogens is 2. The Kier molecular flexibility index (Phi) is 7.17. The van der Waals surface area contributed by atoms with Gasteiger partial charge in [0.05, 0.1) is 16.2 Å². The van der Waals surface area contributed by atoms with Crippen LogP contribution in [0.15, 0.2) is 47.4 Å². The molecule has 0 atom stereocenters. The van der Waals surface area contributed by atoms with Gasteiger partial charge in [0.1, 0.15) is 5.15 Å². The third-order valence-electron chi connectivity index (χ3n) is 4.66. The number of benzene rings is 2. The average molecular weight is 495 g/mol. The summed E-state index contributed by atoms with van der Waals surface area (Å²) in [6.45, 7) is 8.02. The van der Waals surface area contributed by atoms with Gasteiger partial charge in [-0.25, -0.2) is 8.42 Å². The van der Waals surface area contributed by atoms with Crippen molar-refractivity contribution in [2.45, 2.75) is 39.1 Å². The van der Waals surface area contributed by atoms with Crippen LogP contribution in [0.1, 0.15) is 35.5 Å². The molecule has 10 heteroatoms. The summed E-state index contributed by atoms with van der Waals surface area (Å²) >= 11 is 12.2. The van der Waals surface area contributed by atoms with Gasteiger partial charge in [-0.15, -0.1) is 0 Å². The Bertz CT molecular complexity index is 1250. The van der Waals surface area contributed by atoms with Crippen LogP contribution in [-0.2, 0) is 16.6 Å². The fourth-order valence-electron chi connectivity index (χ4n) is 3.17. The van der Waals surface area contributed by atoms with Crippen molar-refractivity contribution in [1.82, 2.24) is 9.78 Å². The van der Waals surface area contributed by atoms with Crippen LogP contribution in [0.3, 0.4) is 0 Å². The summed E-state index contributed by atoms with van der Waals surface area (Å²) in [5.41, 5.74) is 1.99. The number of aromatic nitrogens is 2. The molecule has 32 heavy (non-hydrogen) atoms. The lowest BCUT2D eigenvalue weighted by Crippen LogP contribution is -2.16. The maximum atomic E-state index is 12.9. The molecular formula is C22H24Cl2N4O3S. The van der Waals surface area contributed by atoms with E-state index < -0.39 is 15.9 Å². The van der Waals surface area contributed by atoms with Crippen molar-refractivity contribution < 1.29 is 13.2 Å². The Morgan fingerprint density at radius 2 is 1.69 bits per heavy atom. The van der Waals surface area contributed by atoms with Crippen LogP contribution in [-0.4, -0.2) is 24.1 Å². The maximum Gasteiger partial charge on any atom is 0.262 e. The van der Waals surface area contributed by atoms with E-state index in [9.17, 15) is 13.2 Å². The molecule has 0 aliphatic carbocycles. The topological polar surface area (TPSA) is 93.1 Å². The number of aryl methyl sites for hydroxylation is 2. The van der Waals surface area contributed by atoms with Crippen LogP contribution in [0, 0.1) is 19.8 Å². The van der Waals surface area contributed by atoms with Crippen LogP contribution < -0.4 is 10.0 Å². The zero-order valence-corrected chi connectivity index (χ0v) is 20.4. The molecule has 0 aliphatic heterocycles. The quantitative estimate of drug-likeness (QED) is 0.452. The lowest BCUT2D eigenvalue weighted by molar-refractivity contribution is 0.102. The number of carbonyl (C=O) groups is 1. The molecule has 0 saturated heterocycles. The number of sulfonamides is 1. The second-order valence-electron chi connectivity index (χ2n) is 7.87. The van der Waals surface area contributed by atoms with Gasteiger partial charge in [0.2, 0.25) is 0 Å². The van der Waals surface area contributed by atoms with E-state index in [-0.39, 0.29) is 15.6 Å². The summed E-state index contributed by atoms with van der Waals surface area (Å²) in [6, 6.07) is 11.0. The van der Waals surface area contributed by atoms with E-state index >= 15 is 0 Å². The number of carbonyl (C=O) groups excluding carboxylic acids is 1. The fourth-order valence-corrected chi connectivity index (χ4v) is 4.95. The molecule has 0 aliphatic rings. The number of nitrogens with zero attached hydrogens (tertiary/aromatic N) is 2. The first-order valence-electron chi connectivity index (χ1n) is 9.91. The highest BCUT2D eigenvalue weighted by Gasteiger charge is 2.22. The fraction of sp³-hybridized carbons (Fsp3) is 0.273. The summed E-state index contributed by atoms with van der Waals surface area (Å²) in [5, 5.41) is 7.82. The van der Waals surface area contributed by atoms with Crippen molar-refractivity contribution in [1.29, 1.82) is 0 Å². The predicted octanol–water partition coefficient (Wildman–Crippen LogP) is 5.52. The molecule has 2 aromatic carbocycles. The Morgan fingerprint density at radius 1 is 1.06 bits per heavy atom. The number of hydrogen-bond acceptors (Lipinski definition) is 4. The van der Waals surface area contributed by atoms with Crippen LogP contribution in [0.5, 0.6) is 0 Å². The summed E-state index contributed by atoms with van der Waals surface area (Å²) in [5.74, 6) is -0.152. The molecule has 1 amide bonds. The van der Waals surface area contributed by atoms with Gasteiger partial charge < -0.3 is 5.32 Å². The molecule has 0 spiro atoms. The molecule has 3 aromatic rings. The molecule has 3 rings (SSSR count). The SMILES string of the molecule is Cc1ccc(NC(=O)c2c(C)nn(CC(C)C)c2Cl)cc1S(=O)(=O)Nc1ccc(Cl)cc1. The normalized spacial score (nSPS) is 11.6. The molecule has 0 bridgehead atoms. The van der Waals surface area contributed by atoms with E-state index in [1.807, 2.05) is 13.8 Å². The van der Waals surface area contributed by atoms with Crippen LogP contribution in [0.25, 0.3) is 0 Å². The Balaban J connectivity index is 1.87. The third-order valence-corrected chi connectivity index (χ3v) is 6.82. The second kappa shape index (κ2) is 9.52. The monoisotopic (exact) mass is 494 g/mol. The second-order valence-corrected chi connectivity index (χ2v) is 10.3. The van der Waals surface area contributed by atoms with Gasteiger partial charge in [-0.05, 0) is 61.7 Å². The Labute approximate surface area is 197 Å². The van der Waals surface area contributed by atoms with Crippen molar-refractivity contribution >= 4 is 50.5 Å². The molecule has 0 saturated carbocycles. The first kappa shape index (κ1) is 24.1. The first-order valence-corrected chi connectivity index (χ1v) is 12.1. The molecule has 7 nitrogen and oxygen atoms in total. The van der Waals surface area contributed by atoms with Crippen LogP contribution in [0.2, 0.25) is 10.2 Å². The largest absolute Gasteiger partial charge is 0.322 e. The zero-order valence-electron chi connectivity index (χ0n) is 18.1. The highest BCUT2D eigenvalue weighted by molar-refractivity contribution is 7.92.